The van der Waals surface area contributed by atoms with Crippen LogP contribution in [-0.4, -0.2) is 5.88 Å². The van der Waals surface area contributed by atoms with Crippen LogP contribution in [0.4, 0.5) is 8.78 Å². The normalized spacial score (nSPS) is 12.4. The molecule has 2 rings (SSSR count). The molecule has 0 saturated heterocycles. The first kappa shape index (κ1) is 14.3. The molecule has 0 spiro atoms. The highest BCUT2D eigenvalue weighted by atomic mass is 35.5. The minimum Gasteiger partial charge on any atom is -0.207 e. The predicted molar refractivity (Wildman–Crippen MR) is 75.0 cm³/mol. The van der Waals surface area contributed by atoms with E-state index in [1.165, 1.54) is 6.07 Å². The number of benzene rings is 2. The molecule has 1 atom stereocenters. The average Bonchev–Trinajstić information content (AvgIpc) is 2.41. The van der Waals surface area contributed by atoms with Gasteiger partial charge in [0.15, 0.2) is 0 Å². The van der Waals surface area contributed by atoms with Crippen LogP contribution in [0.3, 0.4) is 0 Å². The van der Waals surface area contributed by atoms with Crippen LogP contribution in [0.15, 0.2) is 42.5 Å². The van der Waals surface area contributed by atoms with Crippen LogP contribution in [0.2, 0.25) is 5.02 Å². The summed E-state index contributed by atoms with van der Waals surface area (Å²) < 4.78 is 26.8. The number of alkyl halides is 1. The zero-order valence-corrected chi connectivity index (χ0v) is 11.6. The van der Waals surface area contributed by atoms with Crippen molar-refractivity contribution in [2.24, 2.45) is 0 Å². The van der Waals surface area contributed by atoms with Crippen molar-refractivity contribution < 1.29 is 8.78 Å². The number of rotatable bonds is 4. The van der Waals surface area contributed by atoms with E-state index in [0.29, 0.717) is 22.9 Å². The molecule has 2 aromatic carbocycles. The van der Waals surface area contributed by atoms with E-state index in [4.69, 9.17) is 23.2 Å². The van der Waals surface area contributed by atoms with Gasteiger partial charge in [-0.15, -0.1) is 11.6 Å². The summed E-state index contributed by atoms with van der Waals surface area (Å²) in [4.78, 5) is 0. The Labute approximate surface area is 121 Å². The van der Waals surface area contributed by atoms with Crippen molar-refractivity contribution in [3.63, 3.8) is 0 Å². The zero-order chi connectivity index (χ0) is 13.8. The van der Waals surface area contributed by atoms with E-state index >= 15 is 0 Å². The fraction of sp³-hybridized carbons (Fsp3) is 0.200. The maximum atomic E-state index is 13.6. The van der Waals surface area contributed by atoms with Gasteiger partial charge >= 0.3 is 0 Å². The summed E-state index contributed by atoms with van der Waals surface area (Å²) in [5, 5.41) is 0.588. The van der Waals surface area contributed by atoms with E-state index in [9.17, 15) is 8.78 Å². The van der Waals surface area contributed by atoms with Crippen LogP contribution in [0, 0.1) is 11.6 Å². The highest BCUT2D eigenvalue weighted by Crippen LogP contribution is 2.29. The third-order valence-corrected chi connectivity index (χ3v) is 3.72. The molecule has 0 bridgehead atoms. The van der Waals surface area contributed by atoms with Gasteiger partial charge in [0.1, 0.15) is 11.6 Å². The van der Waals surface area contributed by atoms with Crippen molar-refractivity contribution in [1.29, 1.82) is 0 Å². The van der Waals surface area contributed by atoms with Crippen molar-refractivity contribution in [2.45, 2.75) is 12.3 Å². The lowest BCUT2D eigenvalue weighted by atomic mass is 9.93. The molecule has 0 amide bonds. The molecule has 0 saturated carbocycles. The number of hydrogen-bond donors (Lipinski definition) is 0. The molecule has 0 aliphatic heterocycles. The molecule has 0 radical (unpaired) electrons. The quantitative estimate of drug-likeness (QED) is 0.682. The first-order valence-corrected chi connectivity index (χ1v) is 6.77. The molecule has 4 heteroatoms. The Balaban J connectivity index is 2.29. The number of hydrogen-bond acceptors (Lipinski definition) is 0. The maximum Gasteiger partial charge on any atom is 0.126 e. The Morgan fingerprint density at radius 3 is 2.47 bits per heavy atom. The first-order valence-electron chi connectivity index (χ1n) is 5.86. The summed E-state index contributed by atoms with van der Waals surface area (Å²) in [6, 6.07) is 10.7. The Bertz CT molecular complexity index is 570. The molecular formula is C15H12Cl2F2. The van der Waals surface area contributed by atoms with E-state index < -0.39 is 11.6 Å². The molecule has 0 N–H and O–H groups in total. The molecule has 0 aromatic heterocycles. The van der Waals surface area contributed by atoms with Crippen LogP contribution in [0.25, 0.3) is 0 Å². The SMILES string of the molecule is Fc1ccc(F)c(CC(CCl)c2ccccc2Cl)c1. The zero-order valence-electron chi connectivity index (χ0n) is 10.0. The fourth-order valence-corrected chi connectivity index (χ4v) is 2.58. The fourth-order valence-electron chi connectivity index (χ4n) is 2.02. The highest BCUT2D eigenvalue weighted by molar-refractivity contribution is 6.31. The second kappa shape index (κ2) is 6.36. The van der Waals surface area contributed by atoms with Crippen LogP contribution in [0.5, 0.6) is 0 Å². The molecule has 19 heavy (non-hydrogen) atoms. The van der Waals surface area contributed by atoms with E-state index in [-0.39, 0.29) is 5.92 Å². The van der Waals surface area contributed by atoms with E-state index in [0.717, 1.165) is 17.7 Å². The summed E-state index contributed by atoms with van der Waals surface area (Å²) in [5.74, 6) is -0.737. The summed E-state index contributed by atoms with van der Waals surface area (Å²) in [7, 11) is 0. The lowest BCUT2D eigenvalue weighted by Gasteiger charge is -2.16. The highest BCUT2D eigenvalue weighted by Gasteiger charge is 2.16. The third-order valence-electron chi connectivity index (χ3n) is 3.01. The minimum atomic E-state index is -0.455. The van der Waals surface area contributed by atoms with Gasteiger partial charge in [0.05, 0.1) is 0 Å². The molecule has 0 fully saturated rings. The molecule has 0 aliphatic rings. The van der Waals surface area contributed by atoms with Gasteiger partial charge < -0.3 is 0 Å². The second-order valence-electron chi connectivity index (χ2n) is 4.31. The molecular weight excluding hydrogens is 289 g/mol. The molecule has 0 aliphatic carbocycles. The largest absolute Gasteiger partial charge is 0.207 e. The van der Waals surface area contributed by atoms with Gasteiger partial charge in [0.2, 0.25) is 0 Å². The lowest BCUT2D eigenvalue weighted by molar-refractivity contribution is 0.576. The Hall–Kier alpha value is -1.12. The van der Waals surface area contributed by atoms with Gasteiger partial charge in [0.25, 0.3) is 0 Å². The predicted octanol–water partition coefficient (Wildman–Crippen LogP) is 5.18. The first-order chi connectivity index (χ1) is 9.11. The molecule has 0 heterocycles. The van der Waals surface area contributed by atoms with Crippen molar-refractivity contribution in [3.8, 4) is 0 Å². The van der Waals surface area contributed by atoms with Crippen molar-refractivity contribution in [1.82, 2.24) is 0 Å². The van der Waals surface area contributed by atoms with Crippen molar-refractivity contribution in [3.05, 3.63) is 70.2 Å². The topological polar surface area (TPSA) is 0 Å². The lowest BCUT2D eigenvalue weighted by Crippen LogP contribution is -2.07. The third kappa shape index (κ3) is 3.46. The van der Waals surface area contributed by atoms with Crippen LogP contribution >= 0.6 is 23.2 Å². The maximum absolute atomic E-state index is 13.6. The van der Waals surface area contributed by atoms with Crippen molar-refractivity contribution >= 4 is 23.2 Å². The van der Waals surface area contributed by atoms with Gasteiger partial charge in [-0.3, -0.25) is 0 Å². The van der Waals surface area contributed by atoms with Crippen LogP contribution < -0.4 is 0 Å². The average molecular weight is 301 g/mol. The van der Waals surface area contributed by atoms with Gasteiger partial charge in [-0.25, -0.2) is 8.78 Å². The molecule has 0 nitrogen and oxygen atoms in total. The minimum absolute atomic E-state index is 0.147. The Morgan fingerprint density at radius 2 is 1.79 bits per heavy atom. The van der Waals surface area contributed by atoms with Gasteiger partial charge in [-0.05, 0) is 41.8 Å². The summed E-state index contributed by atoms with van der Waals surface area (Å²) in [6.07, 6.45) is 0.316. The smallest absolute Gasteiger partial charge is 0.126 e. The molecule has 2 aromatic rings. The van der Waals surface area contributed by atoms with Crippen molar-refractivity contribution in [2.75, 3.05) is 5.88 Å². The van der Waals surface area contributed by atoms with E-state index in [1.807, 2.05) is 18.2 Å². The van der Waals surface area contributed by atoms with E-state index in [1.54, 1.807) is 6.07 Å². The summed E-state index contributed by atoms with van der Waals surface area (Å²) in [6.45, 7) is 0. The second-order valence-corrected chi connectivity index (χ2v) is 5.03. The van der Waals surface area contributed by atoms with Crippen LogP contribution in [-0.2, 0) is 6.42 Å². The monoisotopic (exact) mass is 300 g/mol. The summed E-state index contributed by atoms with van der Waals surface area (Å²) in [5.41, 5.74) is 1.16. The molecule has 1 unspecified atom stereocenters. The Kier molecular flexibility index (Phi) is 4.78. The van der Waals surface area contributed by atoms with Gasteiger partial charge in [-0.1, -0.05) is 29.8 Å². The summed E-state index contributed by atoms with van der Waals surface area (Å²) >= 11 is 12.0. The van der Waals surface area contributed by atoms with Gasteiger partial charge in [-0.2, -0.15) is 0 Å². The van der Waals surface area contributed by atoms with E-state index in [2.05, 4.69) is 0 Å². The molecule has 100 valence electrons. The standard InChI is InChI=1S/C15H12Cl2F2/c16-9-11(13-3-1-2-4-14(13)17)7-10-8-12(18)5-6-15(10)19/h1-6,8,11H,7,9H2. The number of halogens is 4. The van der Waals surface area contributed by atoms with Crippen LogP contribution in [0.1, 0.15) is 17.0 Å². The van der Waals surface area contributed by atoms with Gasteiger partial charge in [0, 0.05) is 16.8 Å². The Morgan fingerprint density at radius 1 is 1.05 bits per heavy atom.